The highest BCUT2D eigenvalue weighted by molar-refractivity contribution is 5.80. The number of hydrogen-bond donors (Lipinski definition) is 0. The number of benzene rings is 2. The molecule has 0 aromatic heterocycles. The van der Waals surface area contributed by atoms with Gasteiger partial charge in [-0.1, -0.05) is 73.7 Å². The van der Waals surface area contributed by atoms with Crippen LogP contribution in [0.3, 0.4) is 0 Å². The van der Waals surface area contributed by atoms with E-state index in [0.717, 1.165) is 0 Å². The second-order valence-corrected chi connectivity index (χ2v) is 6.04. The van der Waals surface area contributed by atoms with E-state index in [1.807, 2.05) is 19.2 Å². The summed E-state index contributed by atoms with van der Waals surface area (Å²) in [4.78, 5) is 13.4. The zero-order valence-corrected chi connectivity index (χ0v) is 14.4. The molecule has 0 fully saturated rings. The Morgan fingerprint density at radius 2 is 1.35 bits per heavy atom. The first-order chi connectivity index (χ1) is 11.0. The van der Waals surface area contributed by atoms with E-state index in [0.29, 0.717) is 0 Å². The Morgan fingerprint density at radius 3 is 1.74 bits per heavy atom. The van der Waals surface area contributed by atoms with Crippen molar-refractivity contribution < 1.29 is 4.79 Å². The quantitative estimate of drug-likeness (QED) is 0.789. The largest absolute Gasteiger partial charge is 0.343 e. The number of rotatable bonds is 5. The molecule has 0 saturated heterocycles. The van der Waals surface area contributed by atoms with E-state index >= 15 is 0 Å². The highest BCUT2D eigenvalue weighted by atomic mass is 16.2. The highest BCUT2D eigenvalue weighted by Crippen LogP contribution is 2.26. The van der Waals surface area contributed by atoms with Crippen LogP contribution in [-0.2, 0) is 4.79 Å². The van der Waals surface area contributed by atoms with Gasteiger partial charge < -0.3 is 4.90 Å². The number of hydrogen-bond acceptors (Lipinski definition) is 1. The molecule has 2 aromatic rings. The van der Waals surface area contributed by atoms with Gasteiger partial charge in [0.2, 0.25) is 5.91 Å². The van der Waals surface area contributed by atoms with Gasteiger partial charge in [0.15, 0.2) is 0 Å². The molecule has 0 N–H and O–H groups in total. The maximum atomic E-state index is 11.6. The summed E-state index contributed by atoms with van der Waals surface area (Å²) in [5, 5.41) is 0. The zero-order valence-electron chi connectivity index (χ0n) is 14.4. The summed E-state index contributed by atoms with van der Waals surface area (Å²) in [6.07, 6.45) is 2.27. The van der Waals surface area contributed by atoms with Crippen molar-refractivity contribution in [3.63, 3.8) is 0 Å². The van der Waals surface area contributed by atoms with Crippen molar-refractivity contribution >= 4 is 11.5 Å². The van der Waals surface area contributed by atoms with E-state index in [2.05, 4.69) is 68.5 Å². The van der Waals surface area contributed by atoms with Gasteiger partial charge in [-0.25, -0.2) is 0 Å². The molecule has 0 saturated carbocycles. The zero-order chi connectivity index (χ0) is 16.8. The van der Waals surface area contributed by atoms with E-state index in [9.17, 15) is 4.79 Å². The molecule has 0 aliphatic carbocycles. The van der Waals surface area contributed by atoms with Gasteiger partial charge in [-0.3, -0.25) is 4.79 Å². The van der Waals surface area contributed by atoms with Crippen LogP contribution in [0, 0.1) is 5.92 Å². The number of amides is 1. The fraction of sp³-hybridized carbons (Fsp3) is 0.286. The molecule has 2 atom stereocenters. The lowest BCUT2D eigenvalue weighted by Crippen LogP contribution is -2.37. The molecule has 0 aliphatic rings. The predicted molar refractivity (Wildman–Crippen MR) is 97.0 cm³/mol. The third-order valence-corrected chi connectivity index (χ3v) is 4.47. The van der Waals surface area contributed by atoms with Crippen molar-refractivity contribution in [2.75, 3.05) is 7.05 Å². The van der Waals surface area contributed by atoms with Crippen molar-refractivity contribution in [2.45, 2.75) is 26.8 Å². The average Bonchev–Trinajstić information content (AvgIpc) is 2.59. The summed E-state index contributed by atoms with van der Waals surface area (Å²) >= 11 is 0. The Bertz CT molecular complexity index is 619. The molecule has 2 rings (SSSR count). The summed E-state index contributed by atoms with van der Waals surface area (Å²) in [5.41, 5.74) is 3.61. The smallest absolute Gasteiger partial charge is 0.219 e. The second kappa shape index (κ2) is 7.77. The topological polar surface area (TPSA) is 20.3 Å². The van der Waals surface area contributed by atoms with Gasteiger partial charge in [0, 0.05) is 20.0 Å². The molecule has 0 bridgehead atoms. The monoisotopic (exact) mass is 307 g/mol. The summed E-state index contributed by atoms with van der Waals surface area (Å²) in [5.74, 6) is 0.345. The first kappa shape index (κ1) is 17.0. The molecule has 23 heavy (non-hydrogen) atoms. The van der Waals surface area contributed by atoms with Gasteiger partial charge in [-0.05, 0) is 29.5 Å². The first-order valence-electron chi connectivity index (χ1n) is 8.06. The molecule has 1 amide bonds. The second-order valence-electron chi connectivity index (χ2n) is 6.04. The fourth-order valence-corrected chi connectivity index (χ4v) is 2.64. The van der Waals surface area contributed by atoms with Crippen LogP contribution in [0.25, 0.3) is 5.57 Å². The standard InChI is InChI=1S/C21H25NO/c1-16(17(2)22(4)18(3)23)15-21(19-11-7-5-8-12-19)20-13-9-6-10-14-20/h5-17H,1-4H3. The van der Waals surface area contributed by atoms with Crippen LogP contribution in [0.1, 0.15) is 31.9 Å². The average molecular weight is 307 g/mol. The van der Waals surface area contributed by atoms with Gasteiger partial charge in [-0.2, -0.15) is 0 Å². The van der Waals surface area contributed by atoms with Crippen molar-refractivity contribution in [2.24, 2.45) is 5.92 Å². The van der Waals surface area contributed by atoms with E-state index < -0.39 is 0 Å². The number of carbonyl (C=O) groups is 1. The molecule has 2 nitrogen and oxygen atoms in total. The minimum atomic E-state index is 0.0960. The van der Waals surface area contributed by atoms with Crippen LogP contribution in [0.5, 0.6) is 0 Å². The molecule has 2 unspecified atom stereocenters. The van der Waals surface area contributed by atoms with E-state index in [-0.39, 0.29) is 17.9 Å². The van der Waals surface area contributed by atoms with Gasteiger partial charge in [0.05, 0.1) is 0 Å². The Labute approximate surface area is 139 Å². The number of carbonyl (C=O) groups excluding carboxylic acids is 1. The Morgan fingerprint density at radius 1 is 0.913 bits per heavy atom. The van der Waals surface area contributed by atoms with Crippen LogP contribution < -0.4 is 0 Å². The van der Waals surface area contributed by atoms with Gasteiger partial charge in [0.25, 0.3) is 0 Å². The Balaban J connectivity index is 2.40. The van der Waals surface area contributed by atoms with Crippen molar-refractivity contribution in [1.82, 2.24) is 4.90 Å². The maximum absolute atomic E-state index is 11.6. The molecule has 0 heterocycles. The maximum Gasteiger partial charge on any atom is 0.219 e. The molecular formula is C21H25NO. The van der Waals surface area contributed by atoms with Gasteiger partial charge in [0.1, 0.15) is 0 Å². The lowest BCUT2D eigenvalue weighted by molar-refractivity contribution is -0.129. The lowest BCUT2D eigenvalue weighted by Gasteiger charge is -2.28. The third-order valence-electron chi connectivity index (χ3n) is 4.47. The molecule has 2 heteroatoms. The molecule has 2 aromatic carbocycles. The molecule has 0 radical (unpaired) electrons. The first-order valence-corrected chi connectivity index (χ1v) is 8.06. The SMILES string of the molecule is CC(=O)N(C)C(C)C(C)C=C(c1ccccc1)c1ccccc1. The molecule has 0 spiro atoms. The van der Waals surface area contributed by atoms with Crippen LogP contribution in [-0.4, -0.2) is 23.9 Å². The predicted octanol–water partition coefficient (Wildman–Crippen LogP) is 4.62. The van der Waals surface area contributed by atoms with E-state index in [1.165, 1.54) is 16.7 Å². The van der Waals surface area contributed by atoms with E-state index in [1.54, 1.807) is 11.8 Å². The van der Waals surface area contributed by atoms with Crippen molar-refractivity contribution in [3.8, 4) is 0 Å². The van der Waals surface area contributed by atoms with Crippen molar-refractivity contribution in [1.29, 1.82) is 0 Å². The minimum Gasteiger partial charge on any atom is -0.343 e. The van der Waals surface area contributed by atoms with Crippen LogP contribution in [0.2, 0.25) is 0 Å². The number of nitrogens with zero attached hydrogens (tertiary/aromatic N) is 1. The van der Waals surface area contributed by atoms with Crippen LogP contribution >= 0.6 is 0 Å². The third kappa shape index (κ3) is 4.32. The van der Waals surface area contributed by atoms with Gasteiger partial charge >= 0.3 is 0 Å². The van der Waals surface area contributed by atoms with Gasteiger partial charge in [-0.15, -0.1) is 0 Å². The molecule has 0 aliphatic heterocycles. The summed E-state index contributed by atoms with van der Waals surface area (Å²) in [6.45, 7) is 5.87. The summed E-state index contributed by atoms with van der Waals surface area (Å²) in [6, 6.07) is 21.0. The summed E-state index contributed by atoms with van der Waals surface area (Å²) < 4.78 is 0. The molecule has 120 valence electrons. The van der Waals surface area contributed by atoms with Crippen LogP contribution in [0.15, 0.2) is 66.7 Å². The van der Waals surface area contributed by atoms with Crippen LogP contribution in [0.4, 0.5) is 0 Å². The Hall–Kier alpha value is -2.35. The summed E-state index contributed by atoms with van der Waals surface area (Å²) in [7, 11) is 1.86. The normalized spacial score (nSPS) is 13.0. The minimum absolute atomic E-state index is 0.0960. The lowest BCUT2D eigenvalue weighted by atomic mass is 9.91. The van der Waals surface area contributed by atoms with Crippen molar-refractivity contribution in [3.05, 3.63) is 77.9 Å². The van der Waals surface area contributed by atoms with E-state index in [4.69, 9.17) is 0 Å². The highest BCUT2D eigenvalue weighted by Gasteiger charge is 2.18. The Kier molecular flexibility index (Phi) is 5.75. The molecular weight excluding hydrogens is 282 g/mol. The fourth-order valence-electron chi connectivity index (χ4n) is 2.64.